The number of benzene rings is 2. The van der Waals surface area contributed by atoms with Crippen molar-refractivity contribution in [1.29, 1.82) is 0 Å². The molecule has 7 rings (SSSR count). The number of anilines is 1. The lowest BCUT2D eigenvalue weighted by atomic mass is 9.92. The summed E-state index contributed by atoms with van der Waals surface area (Å²) in [5.41, 5.74) is 3.47. The molecule has 2 aromatic carbocycles. The third-order valence-corrected chi connectivity index (χ3v) is 8.73. The number of carbonyl (C=O) groups excluding carboxylic acids is 1. The van der Waals surface area contributed by atoms with E-state index in [1.807, 2.05) is 25.1 Å². The molecule has 0 unspecified atom stereocenters. The summed E-state index contributed by atoms with van der Waals surface area (Å²) in [6.07, 6.45) is 0.544. The molecular weight excluding hydrogens is 528 g/mol. The fourth-order valence-electron chi connectivity index (χ4n) is 6.23. The van der Waals surface area contributed by atoms with Crippen molar-refractivity contribution in [2.45, 2.75) is 44.3 Å². The summed E-state index contributed by atoms with van der Waals surface area (Å²) < 4.78 is 32.1. The van der Waals surface area contributed by atoms with Crippen molar-refractivity contribution in [1.82, 2.24) is 19.5 Å². The second-order valence-electron chi connectivity index (χ2n) is 11.3. The minimum Gasteiger partial charge on any atom is -0.481 e. The molecule has 1 saturated carbocycles. The Morgan fingerprint density at radius 3 is 2.56 bits per heavy atom. The van der Waals surface area contributed by atoms with Crippen molar-refractivity contribution in [2.75, 3.05) is 24.5 Å². The number of halogens is 2. The van der Waals surface area contributed by atoms with Gasteiger partial charge in [-0.1, -0.05) is 30.3 Å². The summed E-state index contributed by atoms with van der Waals surface area (Å²) in [4.78, 5) is 33.0. The lowest BCUT2D eigenvalue weighted by Crippen LogP contribution is -2.41. The maximum atomic E-state index is 15.3. The van der Waals surface area contributed by atoms with Crippen LogP contribution in [0.1, 0.15) is 71.5 Å². The molecule has 1 aliphatic carbocycles. The van der Waals surface area contributed by atoms with Crippen LogP contribution in [0.3, 0.4) is 0 Å². The summed E-state index contributed by atoms with van der Waals surface area (Å²) in [5.74, 6) is -0.870. The molecule has 2 fully saturated rings. The Labute approximate surface area is 235 Å². The number of rotatable bonds is 6. The zero-order valence-corrected chi connectivity index (χ0v) is 22.5. The predicted octanol–water partition coefficient (Wildman–Crippen LogP) is 5.55. The van der Waals surface area contributed by atoms with Gasteiger partial charge in [-0.05, 0) is 60.4 Å². The van der Waals surface area contributed by atoms with Crippen molar-refractivity contribution in [2.24, 2.45) is 5.92 Å². The van der Waals surface area contributed by atoms with Crippen LogP contribution in [0.2, 0.25) is 0 Å². The van der Waals surface area contributed by atoms with Crippen LogP contribution in [-0.4, -0.2) is 56.1 Å². The molecule has 1 amide bonds. The van der Waals surface area contributed by atoms with Gasteiger partial charge in [0.2, 0.25) is 0 Å². The number of aromatic nitrogens is 3. The smallest absolute Gasteiger partial charge is 0.303 e. The van der Waals surface area contributed by atoms with Crippen LogP contribution in [0.25, 0.3) is 16.9 Å². The first-order valence-corrected chi connectivity index (χ1v) is 14.0. The molecule has 0 bridgehead atoms. The number of carboxylic acids is 1. The highest BCUT2D eigenvalue weighted by molar-refractivity contribution is 5.94. The zero-order valence-electron chi connectivity index (χ0n) is 22.5. The maximum absolute atomic E-state index is 15.3. The average molecular weight is 558 g/mol. The van der Waals surface area contributed by atoms with E-state index in [1.165, 1.54) is 11.0 Å². The molecule has 1 saturated heterocycles. The van der Waals surface area contributed by atoms with E-state index in [0.29, 0.717) is 28.3 Å². The molecule has 10 heteroatoms. The van der Waals surface area contributed by atoms with E-state index in [2.05, 4.69) is 15.0 Å². The average Bonchev–Trinajstić information content (AvgIpc) is 3.54. The van der Waals surface area contributed by atoms with Crippen LogP contribution in [0, 0.1) is 11.7 Å². The second kappa shape index (κ2) is 9.64. The largest absolute Gasteiger partial charge is 0.481 e. The lowest BCUT2D eigenvalue weighted by Gasteiger charge is -2.37. The Bertz CT molecular complexity index is 1700. The first-order chi connectivity index (χ1) is 19.8. The van der Waals surface area contributed by atoms with Crippen LogP contribution >= 0.6 is 0 Å². The Balaban J connectivity index is 1.23. The molecule has 210 valence electrons. The topological polar surface area (TPSA) is 91.0 Å². The van der Waals surface area contributed by atoms with Crippen molar-refractivity contribution in [3.63, 3.8) is 0 Å². The summed E-state index contributed by atoms with van der Waals surface area (Å²) in [6, 6.07) is 15.3. The van der Waals surface area contributed by atoms with Gasteiger partial charge in [0.15, 0.2) is 5.65 Å². The van der Waals surface area contributed by atoms with Gasteiger partial charge in [0, 0.05) is 37.2 Å². The minimum atomic E-state index is -1.28. The Morgan fingerprint density at radius 2 is 1.85 bits per heavy atom. The van der Waals surface area contributed by atoms with E-state index >= 15 is 8.78 Å². The van der Waals surface area contributed by atoms with Crippen molar-refractivity contribution < 1.29 is 23.5 Å². The monoisotopic (exact) mass is 557 g/mol. The molecule has 2 aliphatic heterocycles. The molecule has 4 heterocycles. The highest BCUT2D eigenvalue weighted by Crippen LogP contribution is 2.50. The number of amides is 1. The van der Waals surface area contributed by atoms with E-state index in [9.17, 15) is 9.59 Å². The quantitative estimate of drug-likeness (QED) is 0.334. The van der Waals surface area contributed by atoms with Crippen molar-refractivity contribution in [3.8, 4) is 11.3 Å². The van der Waals surface area contributed by atoms with Crippen molar-refractivity contribution >= 4 is 23.3 Å². The van der Waals surface area contributed by atoms with Gasteiger partial charge in [-0.25, -0.2) is 13.8 Å². The molecule has 0 spiro atoms. The van der Waals surface area contributed by atoms with E-state index < -0.39 is 18.0 Å². The van der Waals surface area contributed by atoms with Gasteiger partial charge in [0.1, 0.15) is 23.5 Å². The van der Waals surface area contributed by atoms with Crippen LogP contribution < -0.4 is 4.90 Å². The van der Waals surface area contributed by atoms with Crippen LogP contribution in [-0.2, 0) is 4.79 Å². The minimum absolute atomic E-state index is 0.0379. The molecule has 41 heavy (non-hydrogen) atoms. The van der Waals surface area contributed by atoms with Gasteiger partial charge in [-0.3, -0.25) is 9.59 Å². The maximum Gasteiger partial charge on any atom is 0.303 e. The predicted molar refractivity (Wildman–Crippen MR) is 148 cm³/mol. The standard InChI is InChI=1S/C31H29F2N5O3/c1-17-20-5-2-3-6-21(20)25(33)16-37(17)31(41)27-15-29(36-9-4-10-36)38-28(34-27)14-26(35-38)22-8-7-18(12-24(22)32)23-11-19(23)13-30(39)40/h2-3,5-8,12,14-15,17,19,23,25H,4,9-11,13,16H2,1H3,(H,39,40)/t17-,19-,23-,25+/m1/s1. The number of alkyl halides is 1. The van der Waals surface area contributed by atoms with E-state index in [1.54, 1.807) is 34.8 Å². The van der Waals surface area contributed by atoms with Gasteiger partial charge in [0.25, 0.3) is 5.91 Å². The molecule has 4 atom stereocenters. The van der Waals surface area contributed by atoms with Gasteiger partial charge in [0.05, 0.1) is 18.3 Å². The number of nitrogens with zero attached hydrogens (tertiary/aromatic N) is 5. The number of carbonyl (C=O) groups is 2. The van der Waals surface area contributed by atoms with Gasteiger partial charge in [-0.15, -0.1) is 0 Å². The van der Waals surface area contributed by atoms with E-state index in [0.717, 1.165) is 37.1 Å². The van der Waals surface area contributed by atoms with Gasteiger partial charge in [-0.2, -0.15) is 9.61 Å². The summed E-state index contributed by atoms with van der Waals surface area (Å²) >= 11 is 0. The van der Waals surface area contributed by atoms with Crippen LogP contribution in [0.4, 0.5) is 14.6 Å². The Hall–Kier alpha value is -4.34. The normalized spacial score (nSPS) is 23.3. The second-order valence-corrected chi connectivity index (χ2v) is 11.3. The number of fused-ring (bicyclic) bond motifs is 2. The summed E-state index contributed by atoms with van der Waals surface area (Å²) in [7, 11) is 0. The summed E-state index contributed by atoms with van der Waals surface area (Å²) in [6.45, 7) is 3.43. The van der Waals surface area contributed by atoms with Crippen molar-refractivity contribution in [3.05, 3.63) is 82.8 Å². The number of hydrogen-bond acceptors (Lipinski definition) is 5. The number of hydrogen-bond donors (Lipinski definition) is 1. The molecule has 4 aromatic rings. The SMILES string of the molecule is C[C@@H]1c2ccccc2[C@@H](F)CN1C(=O)c1cc(N2CCC2)n2nc(-c3ccc([C@H]4C[C@@H]4CC(=O)O)cc3F)cc2n1. The third kappa shape index (κ3) is 4.42. The van der Waals surface area contributed by atoms with E-state index in [4.69, 9.17) is 5.11 Å². The van der Waals surface area contributed by atoms with Gasteiger partial charge < -0.3 is 14.9 Å². The Morgan fingerprint density at radius 1 is 1.07 bits per heavy atom. The molecule has 2 aromatic heterocycles. The van der Waals surface area contributed by atoms with Gasteiger partial charge >= 0.3 is 5.97 Å². The third-order valence-electron chi connectivity index (χ3n) is 8.73. The number of carboxylic acid groups (broad SMARTS) is 1. The molecule has 1 N–H and O–H groups in total. The fraction of sp³-hybridized carbons (Fsp3) is 0.355. The zero-order chi connectivity index (χ0) is 28.4. The first-order valence-electron chi connectivity index (χ1n) is 14.0. The Kier molecular flexibility index (Phi) is 6.02. The fourth-order valence-corrected chi connectivity index (χ4v) is 6.23. The highest BCUT2D eigenvalue weighted by Gasteiger charge is 2.40. The molecule has 8 nitrogen and oxygen atoms in total. The lowest BCUT2D eigenvalue weighted by molar-refractivity contribution is -0.137. The summed E-state index contributed by atoms with van der Waals surface area (Å²) in [5, 5.41) is 13.7. The van der Waals surface area contributed by atoms with Crippen LogP contribution in [0.5, 0.6) is 0 Å². The van der Waals surface area contributed by atoms with Crippen LogP contribution in [0.15, 0.2) is 54.6 Å². The molecular formula is C31H29F2N5O3. The molecule has 0 radical (unpaired) electrons. The first kappa shape index (κ1) is 25.6. The highest BCUT2D eigenvalue weighted by atomic mass is 19.1. The number of aliphatic carboxylic acids is 1. The van der Waals surface area contributed by atoms with E-state index in [-0.39, 0.29) is 42.4 Å². The molecule has 3 aliphatic rings.